The van der Waals surface area contributed by atoms with Crippen LogP contribution in [0.5, 0.6) is 0 Å². The molecule has 1 aromatic heterocycles. The van der Waals surface area contributed by atoms with Gasteiger partial charge in [0.15, 0.2) is 0 Å². The second-order valence-corrected chi connectivity index (χ2v) is 8.02. The van der Waals surface area contributed by atoms with Gasteiger partial charge in [-0.15, -0.1) is 0 Å². The molecule has 0 aliphatic heterocycles. The van der Waals surface area contributed by atoms with Gasteiger partial charge in [0.25, 0.3) is 0 Å². The molecular formula is C16H21BrN4OS. The summed E-state index contributed by atoms with van der Waals surface area (Å²) < 4.78 is 5.28. The third kappa shape index (κ3) is 5.28. The van der Waals surface area contributed by atoms with Crippen molar-refractivity contribution in [2.24, 2.45) is 0 Å². The van der Waals surface area contributed by atoms with Crippen LogP contribution in [0.25, 0.3) is 0 Å². The molecule has 0 saturated heterocycles. The van der Waals surface area contributed by atoms with Gasteiger partial charge in [-0.2, -0.15) is 4.37 Å². The summed E-state index contributed by atoms with van der Waals surface area (Å²) in [5.41, 5.74) is 1.80. The Kier molecular flexibility index (Phi) is 5.75. The SMILES string of the molecule is Cc1ccc(Br)cc1NC(=O)CCNc1nc(C(C)(C)C)ns1. The van der Waals surface area contributed by atoms with Gasteiger partial charge in [0.05, 0.1) is 0 Å². The Morgan fingerprint density at radius 2 is 2.09 bits per heavy atom. The second kappa shape index (κ2) is 7.40. The average Bonchev–Trinajstić information content (AvgIpc) is 2.92. The van der Waals surface area contributed by atoms with Crippen LogP contribution in [0.4, 0.5) is 10.8 Å². The van der Waals surface area contributed by atoms with Gasteiger partial charge >= 0.3 is 0 Å². The fraction of sp³-hybridized carbons (Fsp3) is 0.438. The molecule has 23 heavy (non-hydrogen) atoms. The lowest BCUT2D eigenvalue weighted by atomic mass is 9.96. The highest BCUT2D eigenvalue weighted by molar-refractivity contribution is 9.10. The molecule has 0 saturated carbocycles. The Labute approximate surface area is 149 Å². The zero-order valence-electron chi connectivity index (χ0n) is 13.7. The Morgan fingerprint density at radius 1 is 1.35 bits per heavy atom. The van der Waals surface area contributed by atoms with E-state index in [4.69, 9.17) is 0 Å². The molecule has 7 heteroatoms. The summed E-state index contributed by atoms with van der Waals surface area (Å²) in [5.74, 6) is 0.790. The number of aryl methyl sites for hydroxylation is 1. The predicted molar refractivity (Wildman–Crippen MR) is 99.2 cm³/mol. The highest BCUT2D eigenvalue weighted by Gasteiger charge is 2.19. The first kappa shape index (κ1) is 17.9. The summed E-state index contributed by atoms with van der Waals surface area (Å²) in [6.07, 6.45) is 0.371. The Morgan fingerprint density at radius 3 is 2.74 bits per heavy atom. The van der Waals surface area contributed by atoms with Gasteiger partial charge in [0, 0.05) is 40.1 Å². The Bertz CT molecular complexity index is 694. The first-order chi connectivity index (χ1) is 10.8. The van der Waals surface area contributed by atoms with Gasteiger partial charge in [0.2, 0.25) is 11.0 Å². The van der Waals surface area contributed by atoms with Crippen molar-refractivity contribution in [2.75, 3.05) is 17.2 Å². The molecule has 2 aromatic rings. The van der Waals surface area contributed by atoms with E-state index >= 15 is 0 Å². The lowest BCUT2D eigenvalue weighted by molar-refractivity contribution is -0.115. The molecule has 124 valence electrons. The molecule has 1 amide bonds. The van der Waals surface area contributed by atoms with Crippen molar-refractivity contribution >= 4 is 44.2 Å². The number of hydrogen-bond donors (Lipinski definition) is 2. The zero-order chi connectivity index (χ0) is 17.0. The number of carbonyl (C=O) groups is 1. The number of carbonyl (C=O) groups excluding carboxylic acids is 1. The number of rotatable bonds is 5. The van der Waals surface area contributed by atoms with E-state index in [9.17, 15) is 4.79 Å². The highest BCUT2D eigenvalue weighted by atomic mass is 79.9. The van der Waals surface area contributed by atoms with E-state index in [-0.39, 0.29) is 11.3 Å². The van der Waals surface area contributed by atoms with Crippen LogP contribution in [-0.4, -0.2) is 21.8 Å². The van der Waals surface area contributed by atoms with Crippen molar-refractivity contribution < 1.29 is 4.79 Å². The van der Waals surface area contributed by atoms with Crippen LogP contribution in [0.3, 0.4) is 0 Å². The number of amides is 1. The molecule has 2 N–H and O–H groups in total. The van der Waals surface area contributed by atoms with E-state index in [2.05, 4.69) is 56.7 Å². The molecule has 0 fully saturated rings. The molecule has 0 aliphatic rings. The second-order valence-electron chi connectivity index (χ2n) is 6.36. The maximum atomic E-state index is 12.0. The molecule has 2 rings (SSSR count). The first-order valence-corrected chi connectivity index (χ1v) is 8.96. The first-order valence-electron chi connectivity index (χ1n) is 7.40. The van der Waals surface area contributed by atoms with Gasteiger partial charge in [0.1, 0.15) is 5.82 Å². The van der Waals surface area contributed by atoms with Crippen molar-refractivity contribution in [3.05, 3.63) is 34.1 Å². The van der Waals surface area contributed by atoms with Crippen molar-refractivity contribution in [3.63, 3.8) is 0 Å². The maximum absolute atomic E-state index is 12.0. The summed E-state index contributed by atoms with van der Waals surface area (Å²) in [4.78, 5) is 16.5. The molecule has 0 spiro atoms. The number of aromatic nitrogens is 2. The quantitative estimate of drug-likeness (QED) is 0.788. The molecule has 5 nitrogen and oxygen atoms in total. The van der Waals surface area contributed by atoms with Crippen LogP contribution in [-0.2, 0) is 10.2 Å². The van der Waals surface area contributed by atoms with E-state index in [0.29, 0.717) is 13.0 Å². The molecule has 1 aromatic carbocycles. The van der Waals surface area contributed by atoms with E-state index in [1.165, 1.54) is 11.5 Å². The third-order valence-electron chi connectivity index (χ3n) is 3.20. The number of nitrogens with zero attached hydrogens (tertiary/aromatic N) is 2. The number of hydrogen-bond acceptors (Lipinski definition) is 5. The monoisotopic (exact) mass is 396 g/mol. The summed E-state index contributed by atoms with van der Waals surface area (Å²) in [6, 6.07) is 5.82. The molecule has 0 atom stereocenters. The van der Waals surface area contributed by atoms with Crippen LogP contribution in [0, 0.1) is 6.92 Å². The smallest absolute Gasteiger partial charge is 0.226 e. The average molecular weight is 397 g/mol. The fourth-order valence-electron chi connectivity index (χ4n) is 1.82. The van der Waals surface area contributed by atoms with Crippen molar-refractivity contribution in [2.45, 2.75) is 39.5 Å². The Hall–Kier alpha value is -1.47. The van der Waals surface area contributed by atoms with Crippen LogP contribution >= 0.6 is 27.5 Å². The minimum Gasteiger partial charge on any atom is -0.360 e. The summed E-state index contributed by atoms with van der Waals surface area (Å²) >= 11 is 4.74. The van der Waals surface area contributed by atoms with Gasteiger partial charge in [-0.1, -0.05) is 42.8 Å². The normalized spacial score (nSPS) is 11.3. The van der Waals surface area contributed by atoms with Gasteiger partial charge in [-0.25, -0.2) is 4.98 Å². The molecule has 0 unspecified atom stereocenters. The predicted octanol–water partition coefficient (Wildman–Crippen LogP) is 4.35. The molecular weight excluding hydrogens is 376 g/mol. The van der Waals surface area contributed by atoms with Crippen molar-refractivity contribution in [3.8, 4) is 0 Å². The molecule has 1 heterocycles. The van der Waals surface area contributed by atoms with E-state index in [1.807, 2.05) is 25.1 Å². The third-order valence-corrected chi connectivity index (χ3v) is 4.36. The standard InChI is InChI=1S/C16H21BrN4OS/c1-10-5-6-11(17)9-12(10)19-13(22)7-8-18-15-20-14(21-23-15)16(2,3)4/h5-6,9H,7-8H2,1-4H3,(H,19,22)(H,18,20,21). The van der Waals surface area contributed by atoms with Crippen molar-refractivity contribution in [1.29, 1.82) is 0 Å². The van der Waals surface area contributed by atoms with E-state index < -0.39 is 0 Å². The fourth-order valence-corrected chi connectivity index (χ4v) is 2.97. The minimum absolute atomic E-state index is 0.0285. The van der Waals surface area contributed by atoms with E-state index in [0.717, 1.165) is 26.7 Å². The lowest BCUT2D eigenvalue weighted by Gasteiger charge is -2.12. The highest BCUT2D eigenvalue weighted by Crippen LogP contribution is 2.23. The van der Waals surface area contributed by atoms with Crippen LogP contribution in [0.2, 0.25) is 0 Å². The summed E-state index contributed by atoms with van der Waals surface area (Å²) in [5, 5.41) is 6.83. The lowest BCUT2D eigenvalue weighted by Crippen LogP contribution is -2.17. The number of benzene rings is 1. The summed E-state index contributed by atoms with van der Waals surface area (Å²) in [6.45, 7) is 8.72. The molecule has 0 radical (unpaired) electrons. The number of halogens is 1. The maximum Gasteiger partial charge on any atom is 0.226 e. The van der Waals surface area contributed by atoms with Crippen LogP contribution in [0.1, 0.15) is 38.6 Å². The minimum atomic E-state index is -0.0635. The topological polar surface area (TPSA) is 66.9 Å². The molecule has 0 aliphatic carbocycles. The van der Waals surface area contributed by atoms with Crippen LogP contribution in [0.15, 0.2) is 22.7 Å². The van der Waals surface area contributed by atoms with Gasteiger partial charge in [-0.3, -0.25) is 4.79 Å². The van der Waals surface area contributed by atoms with Gasteiger partial charge in [-0.05, 0) is 24.6 Å². The van der Waals surface area contributed by atoms with E-state index in [1.54, 1.807) is 0 Å². The van der Waals surface area contributed by atoms with Crippen molar-refractivity contribution in [1.82, 2.24) is 9.36 Å². The zero-order valence-corrected chi connectivity index (χ0v) is 16.1. The van der Waals surface area contributed by atoms with Crippen LogP contribution < -0.4 is 10.6 Å². The molecule has 0 bridgehead atoms. The number of anilines is 2. The Balaban J connectivity index is 1.83. The number of nitrogens with one attached hydrogen (secondary N) is 2. The largest absolute Gasteiger partial charge is 0.360 e. The van der Waals surface area contributed by atoms with Gasteiger partial charge < -0.3 is 10.6 Å². The summed E-state index contributed by atoms with van der Waals surface area (Å²) in [7, 11) is 0.